The number of hydrogen-bond donors (Lipinski definition) is 1. The molecule has 3 aromatic rings. The van der Waals surface area contributed by atoms with Gasteiger partial charge in [-0.2, -0.15) is 0 Å². The van der Waals surface area contributed by atoms with Crippen LogP contribution < -0.4 is 19.5 Å². The molecule has 1 N–H and O–H groups in total. The molecule has 3 rings (SSSR count). The summed E-state index contributed by atoms with van der Waals surface area (Å²) in [5, 5.41) is 5.25. The zero-order chi connectivity index (χ0) is 26.6. The average molecular weight is 526 g/mol. The number of carbonyl (C=O) groups excluding carboxylic acids is 2. The fourth-order valence-electron chi connectivity index (χ4n) is 3.71. The Balaban J connectivity index is 1.72. The maximum absolute atomic E-state index is 12.9. The highest BCUT2D eigenvalue weighted by Crippen LogP contribution is 2.37. The first kappa shape index (κ1) is 28.1. The van der Waals surface area contributed by atoms with Gasteiger partial charge in [0.1, 0.15) is 16.3 Å². The van der Waals surface area contributed by atoms with Gasteiger partial charge in [-0.05, 0) is 62.1 Å². The van der Waals surface area contributed by atoms with E-state index in [1.807, 2.05) is 54.8 Å². The van der Waals surface area contributed by atoms with Gasteiger partial charge in [0.2, 0.25) is 5.91 Å². The lowest BCUT2D eigenvalue weighted by atomic mass is 10.0. The molecule has 2 aromatic carbocycles. The van der Waals surface area contributed by atoms with E-state index in [9.17, 15) is 9.59 Å². The van der Waals surface area contributed by atoms with E-state index in [0.29, 0.717) is 47.3 Å². The Labute approximate surface area is 222 Å². The van der Waals surface area contributed by atoms with E-state index >= 15 is 0 Å². The summed E-state index contributed by atoms with van der Waals surface area (Å²) in [5.74, 6) is 1.47. The van der Waals surface area contributed by atoms with Crippen LogP contribution in [0.3, 0.4) is 0 Å². The Morgan fingerprint density at radius 2 is 1.73 bits per heavy atom. The summed E-state index contributed by atoms with van der Waals surface area (Å²) in [4.78, 5) is 25.7. The van der Waals surface area contributed by atoms with Gasteiger partial charge in [0.25, 0.3) is 0 Å². The first-order chi connectivity index (χ1) is 18.0. The Morgan fingerprint density at radius 3 is 2.41 bits per heavy atom. The number of nitrogens with one attached hydrogen (secondary N) is 1. The number of hydrogen-bond acceptors (Lipinski definition) is 7. The SMILES string of the molecule is CCCCOc1ccc(CCC(=O)Nc2scc(-c3ccc(OC)cc3)c2C(=O)OCC)cc1OCC. The summed E-state index contributed by atoms with van der Waals surface area (Å²) in [7, 11) is 1.60. The van der Waals surface area contributed by atoms with Gasteiger partial charge in [-0.25, -0.2) is 4.79 Å². The number of aryl methyl sites for hydroxylation is 1. The molecule has 198 valence electrons. The number of thiophene rings is 1. The zero-order valence-corrected chi connectivity index (χ0v) is 22.7. The number of carbonyl (C=O) groups is 2. The van der Waals surface area contributed by atoms with Crippen molar-refractivity contribution in [3.05, 3.63) is 59.0 Å². The third kappa shape index (κ3) is 7.73. The van der Waals surface area contributed by atoms with Gasteiger partial charge < -0.3 is 24.3 Å². The van der Waals surface area contributed by atoms with Crippen LogP contribution in [0.5, 0.6) is 17.2 Å². The molecule has 0 aliphatic carbocycles. The Kier molecular flexibility index (Phi) is 10.8. The highest BCUT2D eigenvalue weighted by atomic mass is 32.1. The lowest BCUT2D eigenvalue weighted by Crippen LogP contribution is -2.15. The second-order valence-corrected chi connectivity index (χ2v) is 9.15. The quantitative estimate of drug-likeness (QED) is 0.185. The number of esters is 1. The summed E-state index contributed by atoms with van der Waals surface area (Å²) >= 11 is 1.30. The average Bonchev–Trinajstić information content (AvgIpc) is 3.32. The standard InChI is InChI=1S/C29H35NO6S/c1-5-8-17-36-24-15-9-20(18-25(24)34-6-2)10-16-26(31)30-28-27(29(32)35-7-3)23(19-37-28)21-11-13-22(33-4)14-12-21/h9,11-15,18-19H,5-8,10,16-17H2,1-4H3,(H,30,31). The minimum atomic E-state index is -0.468. The molecule has 0 saturated carbocycles. The maximum atomic E-state index is 12.9. The number of methoxy groups -OCH3 is 1. The third-order valence-corrected chi connectivity index (χ3v) is 6.52. The van der Waals surface area contributed by atoms with E-state index in [-0.39, 0.29) is 18.9 Å². The van der Waals surface area contributed by atoms with E-state index in [4.69, 9.17) is 18.9 Å². The van der Waals surface area contributed by atoms with E-state index in [0.717, 1.165) is 29.7 Å². The van der Waals surface area contributed by atoms with Gasteiger partial charge in [0.05, 0.1) is 26.9 Å². The van der Waals surface area contributed by atoms with Crippen molar-refractivity contribution in [1.29, 1.82) is 0 Å². The van der Waals surface area contributed by atoms with E-state index < -0.39 is 5.97 Å². The molecule has 0 saturated heterocycles. The van der Waals surface area contributed by atoms with Crippen molar-refractivity contribution < 1.29 is 28.5 Å². The number of rotatable bonds is 14. The molecule has 8 heteroatoms. The highest BCUT2D eigenvalue weighted by molar-refractivity contribution is 7.15. The number of amides is 1. The summed E-state index contributed by atoms with van der Waals surface area (Å²) in [6.45, 7) is 7.21. The topological polar surface area (TPSA) is 83.1 Å². The number of unbranched alkanes of at least 4 members (excludes halogenated alkanes) is 1. The molecule has 1 amide bonds. The largest absolute Gasteiger partial charge is 0.497 e. The molecule has 1 aromatic heterocycles. The number of ether oxygens (including phenoxy) is 4. The van der Waals surface area contributed by atoms with Gasteiger partial charge in [-0.3, -0.25) is 4.79 Å². The lowest BCUT2D eigenvalue weighted by molar-refractivity contribution is -0.116. The molecule has 0 fully saturated rings. The van der Waals surface area contributed by atoms with E-state index in [1.54, 1.807) is 14.0 Å². The Bertz CT molecular complexity index is 1170. The molecule has 0 aliphatic heterocycles. The van der Waals surface area contributed by atoms with Crippen LogP contribution in [-0.2, 0) is 16.0 Å². The van der Waals surface area contributed by atoms with Crippen LogP contribution in [-0.4, -0.2) is 38.8 Å². The summed E-state index contributed by atoms with van der Waals surface area (Å²) in [6.07, 6.45) is 2.80. The predicted molar refractivity (Wildman–Crippen MR) is 147 cm³/mol. The monoisotopic (exact) mass is 525 g/mol. The van der Waals surface area contributed by atoms with Crippen LogP contribution in [0.2, 0.25) is 0 Å². The number of anilines is 1. The summed E-state index contributed by atoms with van der Waals surface area (Å²) in [6, 6.07) is 13.2. The van der Waals surface area contributed by atoms with Crippen LogP contribution in [0, 0.1) is 0 Å². The van der Waals surface area contributed by atoms with Crippen molar-refractivity contribution >= 4 is 28.2 Å². The van der Waals surface area contributed by atoms with Crippen LogP contribution in [0.15, 0.2) is 47.8 Å². The van der Waals surface area contributed by atoms with Crippen molar-refractivity contribution in [2.75, 3.05) is 32.2 Å². The second kappa shape index (κ2) is 14.3. The van der Waals surface area contributed by atoms with Gasteiger partial charge in [0, 0.05) is 17.4 Å². The Hall–Kier alpha value is -3.52. The molecule has 0 unspecified atom stereocenters. The molecule has 0 bridgehead atoms. The van der Waals surface area contributed by atoms with Crippen LogP contribution in [0.1, 0.15) is 56.0 Å². The molecule has 0 radical (unpaired) electrons. The second-order valence-electron chi connectivity index (χ2n) is 8.27. The fraction of sp³-hybridized carbons (Fsp3) is 0.379. The van der Waals surface area contributed by atoms with Crippen LogP contribution >= 0.6 is 11.3 Å². The highest BCUT2D eigenvalue weighted by Gasteiger charge is 2.23. The van der Waals surface area contributed by atoms with Crippen molar-refractivity contribution in [1.82, 2.24) is 0 Å². The van der Waals surface area contributed by atoms with Crippen molar-refractivity contribution in [3.8, 4) is 28.4 Å². The van der Waals surface area contributed by atoms with Gasteiger partial charge in [-0.1, -0.05) is 31.5 Å². The Morgan fingerprint density at radius 1 is 0.946 bits per heavy atom. The lowest BCUT2D eigenvalue weighted by Gasteiger charge is -2.13. The van der Waals surface area contributed by atoms with Crippen molar-refractivity contribution in [3.63, 3.8) is 0 Å². The first-order valence-electron chi connectivity index (χ1n) is 12.6. The minimum absolute atomic E-state index is 0.185. The normalized spacial score (nSPS) is 10.6. The first-order valence-corrected chi connectivity index (χ1v) is 13.5. The predicted octanol–water partition coefficient (Wildman–Crippen LogP) is 6.75. The van der Waals surface area contributed by atoms with E-state index in [2.05, 4.69) is 12.2 Å². The minimum Gasteiger partial charge on any atom is -0.497 e. The third-order valence-electron chi connectivity index (χ3n) is 5.63. The van der Waals surface area contributed by atoms with Crippen LogP contribution in [0.4, 0.5) is 5.00 Å². The molecule has 0 spiro atoms. The molecule has 1 heterocycles. The van der Waals surface area contributed by atoms with Crippen molar-refractivity contribution in [2.24, 2.45) is 0 Å². The van der Waals surface area contributed by atoms with E-state index in [1.165, 1.54) is 11.3 Å². The number of benzene rings is 2. The van der Waals surface area contributed by atoms with Crippen molar-refractivity contribution in [2.45, 2.75) is 46.5 Å². The summed E-state index contributed by atoms with van der Waals surface area (Å²) < 4.78 is 22.1. The molecular formula is C29H35NO6S. The van der Waals surface area contributed by atoms with Gasteiger partial charge in [0.15, 0.2) is 11.5 Å². The molecule has 0 aliphatic rings. The molecule has 0 atom stereocenters. The smallest absolute Gasteiger partial charge is 0.341 e. The van der Waals surface area contributed by atoms with Gasteiger partial charge >= 0.3 is 5.97 Å². The molecule has 7 nitrogen and oxygen atoms in total. The maximum Gasteiger partial charge on any atom is 0.341 e. The zero-order valence-electron chi connectivity index (χ0n) is 21.9. The fourth-order valence-corrected chi connectivity index (χ4v) is 4.68. The summed E-state index contributed by atoms with van der Waals surface area (Å²) in [5.41, 5.74) is 2.88. The molecular weight excluding hydrogens is 490 g/mol. The molecule has 37 heavy (non-hydrogen) atoms. The van der Waals surface area contributed by atoms with Crippen LogP contribution in [0.25, 0.3) is 11.1 Å². The van der Waals surface area contributed by atoms with Gasteiger partial charge in [-0.15, -0.1) is 11.3 Å².